The third-order valence-corrected chi connectivity index (χ3v) is 32.1. The van der Waals surface area contributed by atoms with E-state index in [1.54, 1.807) is 5.56 Å². The summed E-state index contributed by atoms with van der Waals surface area (Å²) in [5.41, 5.74) is 35.7. The summed E-state index contributed by atoms with van der Waals surface area (Å²) in [4.78, 5) is 0. The number of fused-ring (bicyclic) bond motifs is 4. The van der Waals surface area contributed by atoms with Gasteiger partial charge in [-0.2, -0.15) is 13.7 Å². The summed E-state index contributed by atoms with van der Waals surface area (Å²) in [6, 6.07) is 72.2. The van der Waals surface area contributed by atoms with Crippen LogP contribution >= 0.6 is 0 Å². The molecule has 3 aliphatic rings. The van der Waals surface area contributed by atoms with Gasteiger partial charge in [0, 0.05) is 44.9 Å². The Hall–Kier alpha value is -10.2. The first-order chi connectivity index (χ1) is 66.6. The number of pyridine rings is 4. The molecule has 4 heteroatoms. The molecule has 3 aliphatic carbocycles. The fraction of sp³-hybridized carbons (Fsp3) is 0.450. The highest BCUT2D eigenvalue weighted by Crippen LogP contribution is 2.48. The van der Waals surface area contributed by atoms with Crippen LogP contribution in [0.2, 0.25) is 0 Å². The van der Waals surface area contributed by atoms with E-state index in [-0.39, 0.29) is 0 Å². The molecule has 3 fully saturated rings. The number of hydrogen-bond acceptors (Lipinski definition) is 0. The van der Waals surface area contributed by atoms with Crippen LogP contribution in [0.3, 0.4) is 0 Å². The van der Waals surface area contributed by atoms with Crippen molar-refractivity contribution in [2.75, 3.05) is 0 Å². The molecule has 4 heterocycles. The van der Waals surface area contributed by atoms with E-state index in [1.807, 2.05) is 11.6 Å². The zero-order chi connectivity index (χ0) is 101. The van der Waals surface area contributed by atoms with E-state index in [9.17, 15) is 0 Å². The SMILES string of the molecule is [2H]c1c(C)[n+](C)c(-c2cc(-c3ccccc3)cc(C)c2C)c2ccc(C(C(C)C)C(C)C)cc12.[2H]c1c(C)[n+](C)c(-c2cc(-c3ccccc3)ccc2C)c2ccc(C(C(C)C)C(C)C)cc12.[2H]c1c(C)[n+](C)c(-c2cc(C3CCCCC3)cc(C)c2C)c2ccc(C(C(C)C)C(C)C)cc12.[2H]c1c([2H])[n+](C)c(-c2cc(C3CCCCC3)cc(C3CCCCC3)c2C)c2ccc(C(C(C)C)C(C)C)cc12. The Kier molecular flexibility index (Phi) is 30.7. The smallest absolute Gasteiger partial charge is 0.200 e. The van der Waals surface area contributed by atoms with E-state index in [4.69, 9.17) is 6.85 Å². The van der Waals surface area contributed by atoms with Crippen molar-refractivity contribution < 1.29 is 25.1 Å². The summed E-state index contributed by atoms with van der Waals surface area (Å²) in [5, 5.41) is 8.75. The molecule has 0 aliphatic heterocycles. The summed E-state index contributed by atoms with van der Waals surface area (Å²) in [6.07, 6.45) is 20.3. The summed E-state index contributed by atoms with van der Waals surface area (Å²) in [7, 11) is 8.34. The predicted molar refractivity (Wildman–Crippen MR) is 583 cm³/mol. The molecule has 708 valence electrons. The van der Waals surface area contributed by atoms with E-state index in [1.165, 1.54) is 230 Å². The van der Waals surface area contributed by atoms with E-state index < -0.39 is 0 Å². The van der Waals surface area contributed by atoms with Gasteiger partial charge in [-0.05, 0) is 333 Å². The van der Waals surface area contributed by atoms with Crippen molar-refractivity contribution in [3.8, 4) is 67.3 Å². The molecule has 0 spiro atoms. The van der Waals surface area contributed by atoms with Crippen molar-refractivity contribution in [3.05, 3.63) is 308 Å². The van der Waals surface area contributed by atoms with Gasteiger partial charge in [0.15, 0.2) is 23.3 Å². The van der Waals surface area contributed by atoms with Crippen LogP contribution in [0.15, 0.2) is 218 Å². The maximum Gasteiger partial charge on any atom is 0.220 e. The normalized spacial score (nSPS) is 14.9. The Morgan fingerprint density at radius 2 is 0.585 bits per heavy atom. The fourth-order valence-corrected chi connectivity index (χ4v) is 24.9. The fourth-order valence-electron chi connectivity index (χ4n) is 24.9. The first-order valence-electron chi connectivity index (χ1n) is 54.9. The molecule has 4 nitrogen and oxygen atoms in total. The van der Waals surface area contributed by atoms with Crippen LogP contribution < -0.4 is 18.3 Å². The zero-order valence-electron chi connectivity index (χ0n) is 93.5. The molecule has 0 unspecified atom stereocenters. The van der Waals surface area contributed by atoms with Crippen LogP contribution in [0.25, 0.3) is 110 Å². The maximum atomic E-state index is 9.02. The van der Waals surface area contributed by atoms with Crippen LogP contribution in [0.5, 0.6) is 0 Å². The van der Waals surface area contributed by atoms with E-state index >= 15 is 0 Å². The van der Waals surface area contributed by atoms with Gasteiger partial charge in [-0.15, -0.1) is 0 Å². The van der Waals surface area contributed by atoms with Gasteiger partial charge in [-0.1, -0.05) is 308 Å². The average Bonchev–Trinajstić information content (AvgIpc) is 0.750. The van der Waals surface area contributed by atoms with Gasteiger partial charge in [0.25, 0.3) is 0 Å². The maximum absolute atomic E-state index is 9.02. The average molecular weight is 1800 g/mol. The monoisotopic (exact) mass is 1800 g/mol. The Morgan fingerprint density at radius 3 is 0.970 bits per heavy atom. The lowest BCUT2D eigenvalue weighted by molar-refractivity contribution is -0.665. The molecule has 4 aromatic heterocycles. The molecule has 0 radical (unpaired) electrons. The molecule has 0 amide bonds. The molecule has 0 bridgehead atoms. The minimum absolute atomic E-state index is 0.307. The Labute approximate surface area is 824 Å². The van der Waals surface area contributed by atoms with Crippen molar-refractivity contribution in [2.45, 2.75) is 311 Å². The molecular formula is C131H168N4+4. The van der Waals surface area contributed by atoms with Gasteiger partial charge in [-0.25, -0.2) is 4.57 Å². The van der Waals surface area contributed by atoms with Crippen LogP contribution in [-0.4, -0.2) is 0 Å². The summed E-state index contributed by atoms with van der Waals surface area (Å²) in [6.45, 7) is 56.6. The Balaban J connectivity index is 0.000000149. The molecule has 0 atom stereocenters. The Morgan fingerprint density at radius 1 is 0.267 bits per heavy atom. The zero-order valence-corrected chi connectivity index (χ0v) is 88.5. The first kappa shape index (κ1) is 93.8. The predicted octanol–water partition coefficient (Wildman–Crippen LogP) is 35.2. The molecule has 0 saturated heterocycles. The van der Waals surface area contributed by atoms with Gasteiger partial charge in [0.1, 0.15) is 29.6 Å². The minimum Gasteiger partial charge on any atom is -0.200 e. The van der Waals surface area contributed by atoms with Crippen LogP contribution in [0.1, 0.15) is 345 Å². The minimum atomic E-state index is 0.307. The second kappa shape index (κ2) is 44.1. The van der Waals surface area contributed by atoms with Crippen molar-refractivity contribution in [3.63, 3.8) is 0 Å². The number of aromatic nitrogens is 4. The Bertz CT molecular complexity index is 6770. The van der Waals surface area contributed by atoms with Crippen molar-refractivity contribution >= 4 is 43.1 Å². The van der Waals surface area contributed by atoms with Gasteiger partial charge in [0.2, 0.25) is 22.8 Å². The summed E-state index contributed by atoms with van der Waals surface area (Å²) >= 11 is 0. The molecular weight excluding hydrogens is 1630 g/mol. The van der Waals surface area contributed by atoms with Gasteiger partial charge < -0.3 is 0 Å². The topological polar surface area (TPSA) is 15.5 Å². The third kappa shape index (κ3) is 22.2. The van der Waals surface area contributed by atoms with Crippen LogP contribution in [0.4, 0.5) is 0 Å². The number of aryl methyl sites for hydroxylation is 3. The second-order valence-corrected chi connectivity index (χ2v) is 44.3. The highest BCUT2D eigenvalue weighted by atomic mass is 15.0. The number of nitrogens with zero attached hydrogens (tertiary/aromatic N) is 4. The number of hydrogen-bond donors (Lipinski definition) is 0. The number of benzene rings is 10. The second-order valence-electron chi connectivity index (χ2n) is 44.3. The van der Waals surface area contributed by atoms with Gasteiger partial charge >= 0.3 is 0 Å². The van der Waals surface area contributed by atoms with Crippen LogP contribution in [-0.2, 0) is 28.2 Å². The van der Waals surface area contributed by atoms with Gasteiger partial charge in [-0.3, -0.25) is 0 Å². The molecule has 17 rings (SSSR count). The quantitative estimate of drug-likeness (QED) is 0.0637. The van der Waals surface area contributed by atoms with Gasteiger partial charge in [0.05, 0.1) is 49.3 Å². The largest absolute Gasteiger partial charge is 0.220 e. The lowest BCUT2D eigenvalue weighted by Crippen LogP contribution is -2.35. The number of rotatable bonds is 21. The first-order valence-corrected chi connectivity index (χ1v) is 52.4. The molecule has 0 N–H and O–H groups in total. The third-order valence-electron chi connectivity index (χ3n) is 32.1. The molecule has 135 heavy (non-hydrogen) atoms. The van der Waals surface area contributed by atoms with E-state index in [2.05, 4.69) is 396 Å². The van der Waals surface area contributed by atoms with E-state index in [0.29, 0.717) is 119 Å². The van der Waals surface area contributed by atoms with E-state index in [0.717, 1.165) is 60.5 Å². The standard InChI is InChI=1S/C36H50N.C32H44N.C32H38N.C31H36N/c1-24(2)35(25(3)4)30-17-18-32-29(21-30)19-20-37(6)36(32)34-23-31(27-13-9-7-10-14-27)22-33(26(34)5)28-15-11-8-12-16-28;2*1-20(2)31(21(3)4)26-14-15-29-28(18-26)17-23(6)33(8)32(29)30-19-27(16-22(5)24(30)7)25-12-10-9-11-13-25;1-20(2)30(21(3)4)26-15-16-28-27(18-26)17-23(6)32(7)31(28)29-19-25(14-13-22(29)5)24-11-9-8-10-12-24/h17-25,27-28,35H,7-16H2,1-6H3;14-21,25,31H,9-13H2,1-8H3;9-21,31H,1-8H3;8-21,30H,1-7H3/q4*+1/i19D,20D;3*17D. The van der Waals surface area contributed by atoms with Crippen molar-refractivity contribution in [1.82, 2.24) is 0 Å². The lowest BCUT2D eigenvalue weighted by Gasteiger charge is -2.28. The van der Waals surface area contributed by atoms with Crippen molar-refractivity contribution in [2.24, 2.45) is 75.5 Å². The van der Waals surface area contributed by atoms with Crippen molar-refractivity contribution in [1.29, 1.82) is 0 Å². The highest BCUT2D eigenvalue weighted by molar-refractivity contribution is 5.99. The summed E-state index contributed by atoms with van der Waals surface area (Å²) < 4.78 is 53.6. The molecule has 14 aromatic rings. The molecule has 3 saturated carbocycles. The van der Waals surface area contributed by atoms with Crippen LogP contribution in [0, 0.1) is 110 Å². The molecule has 10 aromatic carbocycles. The highest BCUT2D eigenvalue weighted by Gasteiger charge is 2.34. The lowest BCUT2D eigenvalue weighted by atomic mass is 9.76. The summed E-state index contributed by atoms with van der Waals surface area (Å²) in [5.74, 6) is 8.30.